The smallest absolute Gasteiger partial charge is 0.237 e. The van der Waals surface area contributed by atoms with Crippen LogP contribution in [0.2, 0.25) is 0 Å². The maximum atomic E-state index is 11.4. The molecule has 1 amide bonds. The fourth-order valence-corrected chi connectivity index (χ4v) is 4.95. The number of hydrogen-bond donors (Lipinski definition) is 1. The highest BCUT2D eigenvalue weighted by molar-refractivity contribution is 5.85. The van der Waals surface area contributed by atoms with Crippen molar-refractivity contribution in [2.24, 2.45) is 5.73 Å². The first kappa shape index (κ1) is 19.4. The minimum atomic E-state index is -0.304. The molecule has 2 N–H and O–H groups in total. The average Bonchev–Trinajstić information content (AvgIpc) is 2.98. The number of primary amides is 1. The normalized spacial score (nSPS) is 25.4. The van der Waals surface area contributed by atoms with Crippen LogP contribution in [0.4, 0.5) is 0 Å². The van der Waals surface area contributed by atoms with Gasteiger partial charge < -0.3 is 15.0 Å². The summed E-state index contributed by atoms with van der Waals surface area (Å²) in [7, 11) is 0. The summed E-state index contributed by atoms with van der Waals surface area (Å²) in [6.45, 7) is 9.84. The summed E-state index contributed by atoms with van der Waals surface area (Å²) < 4.78 is 7.87. The van der Waals surface area contributed by atoms with Crippen LogP contribution in [0.25, 0.3) is 10.9 Å². The van der Waals surface area contributed by atoms with Crippen molar-refractivity contribution in [3.05, 3.63) is 36.0 Å². The Labute approximate surface area is 167 Å². The van der Waals surface area contributed by atoms with Crippen LogP contribution in [-0.2, 0) is 22.6 Å². The van der Waals surface area contributed by atoms with Crippen LogP contribution in [-0.4, -0.2) is 64.7 Å². The summed E-state index contributed by atoms with van der Waals surface area (Å²) in [4.78, 5) is 16.6. The van der Waals surface area contributed by atoms with Gasteiger partial charge in [-0.25, -0.2) is 0 Å². The van der Waals surface area contributed by atoms with E-state index in [1.165, 1.54) is 23.8 Å². The number of benzene rings is 1. The van der Waals surface area contributed by atoms with E-state index in [0.29, 0.717) is 18.2 Å². The molecule has 2 aliphatic heterocycles. The third-order valence-electron chi connectivity index (χ3n) is 6.11. The largest absolute Gasteiger partial charge is 0.373 e. The highest BCUT2D eigenvalue weighted by Gasteiger charge is 2.30. The Bertz CT molecular complexity index is 815. The van der Waals surface area contributed by atoms with Crippen LogP contribution >= 0.6 is 0 Å². The van der Waals surface area contributed by atoms with Crippen LogP contribution in [0.3, 0.4) is 0 Å². The number of nitrogens with two attached hydrogens (primary N) is 1. The highest BCUT2D eigenvalue weighted by Crippen LogP contribution is 2.26. The molecule has 28 heavy (non-hydrogen) atoms. The van der Waals surface area contributed by atoms with Crippen molar-refractivity contribution in [2.45, 2.75) is 58.0 Å². The third kappa shape index (κ3) is 4.24. The molecule has 0 spiro atoms. The number of rotatable bonds is 5. The van der Waals surface area contributed by atoms with Crippen molar-refractivity contribution in [1.82, 2.24) is 14.4 Å². The van der Waals surface area contributed by atoms with E-state index < -0.39 is 0 Å². The minimum absolute atomic E-state index is 0.232. The van der Waals surface area contributed by atoms with Gasteiger partial charge in [0.25, 0.3) is 0 Å². The molecule has 2 aromatic rings. The molecule has 0 unspecified atom stereocenters. The molecule has 4 rings (SSSR count). The van der Waals surface area contributed by atoms with Crippen LogP contribution in [0.1, 0.15) is 32.3 Å². The van der Waals surface area contributed by atoms with Crippen molar-refractivity contribution in [2.75, 3.05) is 26.2 Å². The lowest BCUT2D eigenvalue weighted by atomic mass is 10.0. The molecule has 0 aliphatic carbocycles. The molecule has 0 saturated carbocycles. The fraction of sp³-hybridized carbons (Fsp3) is 0.591. The summed E-state index contributed by atoms with van der Waals surface area (Å²) in [5, 5.41) is 1.22. The number of likely N-dealkylation sites (tertiary alicyclic amines) is 1. The standard InChI is InChI=1S/C22H32N4O2/c1-16-11-25(12-17(2)28-16)19-7-9-24(10-8-19)13-18-14-26(15-22(23)27)21-6-4-3-5-20(18)21/h3-6,14,16-17,19H,7-13,15H2,1-2H3,(H2,23,27)/t16-,17-/m0/s1. The number of morpholine rings is 1. The molecule has 1 aromatic heterocycles. The van der Waals surface area contributed by atoms with Gasteiger partial charge >= 0.3 is 0 Å². The molecular weight excluding hydrogens is 352 g/mol. The SMILES string of the molecule is C[C@H]1CN(C2CCN(Cc3cn(CC(N)=O)c4ccccc34)CC2)C[C@H](C)O1. The van der Waals surface area contributed by atoms with Gasteiger partial charge in [-0.05, 0) is 51.4 Å². The molecule has 0 radical (unpaired) electrons. The number of nitrogens with zero attached hydrogens (tertiary/aromatic N) is 3. The Balaban J connectivity index is 1.40. The van der Waals surface area contributed by atoms with Gasteiger partial charge in [0.15, 0.2) is 0 Å². The Kier molecular flexibility index (Phi) is 5.71. The predicted octanol–water partition coefficient (Wildman–Crippen LogP) is 2.20. The molecule has 2 saturated heterocycles. The molecule has 2 fully saturated rings. The number of carbonyl (C=O) groups is 1. The van der Waals surface area contributed by atoms with Crippen molar-refractivity contribution in [1.29, 1.82) is 0 Å². The molecular formula is C22H32N4O2. The number of hydrogen-bond acceptors (Lipinski definition) is 4. The fourth-order valence-electron chi connectivity index (χ4n) is 4.95. The number of ether oxygens (including phenoxy) is 1. The zero-order valence-corrected chi connectivity index (χ0v) is 17.0. The second kappa shape index (κ2) is 8.23. The third-order valence-corrected chi connectivity index (χ3v) is 6.11. The van der Waals surface area contributed by atoms with Crippen molar-refractivity contribution < 1.29 is 9.53 Å². The molecule has 0 bridgehead atoms. The summed E-state index contributed by atoms with van der Waals surface area (Å²) in [5.74, 6) is -0.304. The van der Waals surface area contributed by atoms with Gasteiger partial charge in [-0.2, -0.15) is 0 Å². The van der Waals surface area contributed by atoms with Gasteiger partial charge in [-0.15, -0.1) is 0 Å². The molecule has 2 aliphatic rings. The molecule has 2 atom stereocenters. The second-order valence-corrected chi connectivity index (χ2v) is 8.48. The molecule has 6 nitrogen and oxygen atoms in total. The van der Waals surface area contributed by atoms with Gasteiger partial charge in [0, 0.05) is 42.8 Å². The Morgan fingerprint density at radius 3 is 2.50 bits per heavy atom. The van der Waals surface area contributed by atoms with E-state index in [0.717, 1.165) is 38.2 Å². The van der Waals surface area contributed by atoms with E-state index in [1.807, 2.05) is 10.6 Å². The van der Waals surface area contributed by atoms with E-state index in [-0.39, 0.29) is 12.5 Å². The van der Waals surface area contributed by atoms with Gasteiger partial charge in [0.2, 0.25) is 5.91 Å². The van der Waals surface area contributed by atoms with Crippen molar-refractivity contribution in [3.63, 3.8) is 0 Å². The molecule has 3 heterocycles. The number of fused-ring (bicyclic) bond motifs is 1. The van der Waals surface area contributed by atoms with E-state index in [1.54, 1.807) is 0 Å². The Hall–Kier alpha value is -1.89. The average molecular weight is 385 g/mol. The number of piperidine rings is 1. The summed E-state index contributed by atoms with van der Waals surface area (Å²) in [5.41, 5.74) is 7.80. The van der Waals surface area contributed by atoms with Crippen molar-refractivity contribution >= 4 is 16.8 Å². The first-order valence-corrected chi connectivity index (χ1v) is 10.5. The van der Waals surface area contributed by atoms with E-state index in [4.69, 9.17) is 10.5 Å². The maximum Gasteiger partial charge on any atom is 0.237 e. The predicted molar refractivity (Wildman–Crippen MR) is 111 cm³/mol. The monoisotopic (exact) mass is 384 g/mol. The van der Waals surface area contributed by atoms with Crippen LogP contribution in [0.15, 0.2) is 30.5 Å². The quantitative estimate of drug-likeness (QED) is 0.858. The lowest BCUT2D eigenvalue weighted by Crippen LogP contribution is -2.53. The molecule has 1 aromatic carbocycles. The number of aromatic nitrogens is 1. The van der Waals surface area contributed by atoms with E-state index >= 15 is 0 Å². The molecule has 152 valence electrons. The van der Waals surface area contributed by atoms with Crippen molar-refractivity contribution in [3.8, 4) is 0 Å². The zero-order valence-electron chi connectivity index (χ0n) is 17.0. The Morgan fingerprint density at radius 2 is 1.82 bits per heavy atom. The van der Waals surface area contributed by atoms with E-state index in [2.05, 4.69) is 48.0 Å². The van der Waals surface area contributed by atoms with E-state index in [9.17, 15) is 4.79 Å². The van der Waals surface area contributed by atoms with Crippen LogP contribution in [0.5, 0.6) is 0 Å². The Morgan fingerprint density at radius 1 is 1.14 bits per heavy atom. The van der Waals surface area contributed by atoms with Crippen LogP contribution < -0.4 is 5.73 Å². The topological polar surface area (TPSA) is 63.7 Å². The number of carbonyl (C=O) groups excluding carboxylic acids is 1. The first-order chi connectivity index (χ1) is 13.5. The maximum absolute atomic E-state index is 11.4. The lowest BCUT2D eigenvalue weighted by molar-refractivity contribution is -0.118. The first-order valence-electron chi connectivity index (χ1n) is 10.5. The number of para-hydroxylation sites is 1. The van der Waals surface area contributed by atoms with Gasteiger partial charge in [0.1, 0.15) is 6.54 Å². The van der Waals surface area contributed by atoms with Gasteiger partial charge in [0.05, 0.1) is 12.2 Å². The number of amides is 1. The molecule has 6 heteroatoms. The highest BCUT2D eigenvalue weighted by atomic mass is 16.5. The van der Waals surface area contributed by atoms with Crippen LogP contribution in [0, 0.1) is 0 Å². The van der Waals surface area contributed by atoms with Gasteiger partial charge in [-0.1, -0.05) is 18.2 Å². The minimum Gasteiger partial charge on any atom is -0.373 e. The van der Waals surface area contributed by atoms with Gasteiger partial charge in [-0.3, -0.25) is 14.6 Å². The lowest BCUT2D eigenvalue weighted by Gasteiger charge is -2.43. The zero-order chi connectivity index (χ0) is 19.7. The summed E-state index contributed by atoms with van der Waals surface area (Å²) in [6.07, 6.45) is 5.18. The summed E-state index contributed by atoms with van der Waals surface area (Å²) in [6, 6.07) is 8.95. The second-order valence-electron chi connectivity index (χ2n) is 8.48. The summed E-state index contributed by atoms with van der Waals surface area (Å²) >= 11 is 0.